The van der Waals surface area contributed by atoms with Gasteiger partial charge in [0.05, 0.1) is 6.61 Å². The summed E-state index contributed by atoms with van der Waals surface area (Å²) >= 11 is 0. The molecule has 0 bridgehead atoms. The molecule has 3 heteroatoms. The Hall–Kier alpha value is -1.48. The molecule has 108 valence electrons. The summed E-state index contributed by atoms with van der Waals surface area (Å²) in [5.74, 6) is 2.45. The van der Waals surface area contributed by atoms with Gasteiger partial charge in [-0.3, -0.25) is 0 Å². The van der Waals surface area contributed by atoms with Gasteiger partial charge < -0.3 is 14.3 Å². The highest BCUT2D eigenvalue weighted by Gasteiger charge is 2.23. The maximum atomic E-state index is 10.2. The lowest BCUT2D eigenvalue weighted by Gasteiger charge is -2.12. The maximum Gasteiger partial charge on any atom is 0.136 e. The molecule has 0 saturated heterocycles. The van der Waals surface area contributed by atoms with Crippen LogP contribution in [0.1, 0.15) is 44.1 Å². The van der Waals surface area contributed by atoms with E-state index in [9.17, 15) is 5.11 Å². The van der Waals surface area contributed by atoms with E-state index in [2.05, 4.69) is 0 Å². The Balaban J connectivity index is 1.90. The molecule has 3 nitrogen and oxygen atoms in total. The van der Waals surface area contributed by atoms with Crippen molar-refractivity contribution in [2.24, 2.45) is 11.8 Å². The lowest BCUT2D eigenvalue weighted by atomic mass is 10.0. The first-order chi connectivity index (χ1) is 9.56. The third-order valence-electron chi connectivity index (χ3n) is 4.03. The molecule has 1 aromatic heterocycles. The van der Waals surface area contributed by atoms with Crippen LogP contribution in [0.25, 0.3) is 11.0 Å². The first-order valence-corrected chi connectivity index (χ1v) is 7.40. The summed E-state index contributed by atoms with van der Waals surface area (Å²) in [6.07, 6.45) is 2.02. The largest absolute Gasteiger partial charge is 0.493 e. The van der Waals surface area contributed by atoms with Crippen LogP contribution in [0.2, 0.25) is 0 Å². The molecule has 1 aromatic carbocycles. The van der Waals surface area contributed by atoms with Crippen LogP contribution < -0.4 is 4.74 Å². The molecule has 1 aliphatic carbocycles. The smallest absolute Gasteiger partial charge is 0.136 e. The molecule has 0 amide bonds. The van der Waals surface area contributed by atoms with Crippen LogP contribution >= 0.6 is 0 Å². The molecule has 1 heterocycles. The minimum atomic E-state index is -0.557. The van der Waals surface area contributed by atoms with Gasteiger partial charge in [0.1, 0.15) is 23.2 Å². The van der Waals surface area contributed by atoms with E-state index in [0.717, 1.165) is 34.8 Å². The monoisotopic (exact) mass is 274 g/mol. The Morgan fingerprint density at radius 1 is 1.35 bits per heavy atom. The SMILES string of the molecule is Cc1c(C(O)C(C)C)oc2ccc(OCC3CC3)cc12. The van der Waals surface area contributed by atoms with Gasteiger partial charge in [-0.05, 0) is 49.8 Å². The first kappa shape index (κ1) is 13.5. The fourth-order valence-electron chi connectivity index (χ4n) is 2.39. The van der Waals surface area contributed by atoms with Crippen LogP contribution in [0.15, 0.2) is 22.6 Å². The van der Waals surface area contributed by atoms with E-state index < -0.39 is 6.10 Å². The van der Waals surface area contributed by atoms with Gasteiger partial charge in [0.2, 0.25) is 0 Å². The first-order valence-electron chi connectivity index (χ1n) is 7.40. The van der Waals surface area contributed by atoms with E-state index in [1.54, 1.807) is 0 Å². The van der Waals surface area contributed by atoms with Crippen LogP contribution in [0.3, 0.4) is 0 Å². The zero-order valence-electron chi connectivity index (χ0n) is 12.3. The number of ether oxygens (including phenoxy) is 1. The van der Waals surface area contributed by atoms with E-state index in [4.69, 9.17) is 9.15 Å². The number of fused-ring (bicyclic) bond motifs is 1. The summed E-state index contributed by atoms with van der Waals surface area (Å²) < 4.78 is 11.6. The van der Waals surface area contributed by atoms with Crippen molar-refractivity contribution in [1.82, 2.24) is 0 Å². The van der Waals surface area contributed by atoms with E-state index in [1.807, 2.05) is 39.0 Å². The third-order valence-corrected chi connectivity index (χ3v) is 4.03. The maximum absolute atomic E-state index is 10.2. The minimum Gasteiger partial charge on any atom is -0.493 e. The second-order valence-electron chi connectivity index (χ2n) is 6.19. The number of aryl methyl sites for hydroxylation is 1. The average Bonchev–Trinajstić information content (AvgIpc) is 3.20. The molecular formula is C17H22O3. The summed E-state index contributed by atoms with van der Waals surface area (Å²) in [6, 6.07) is 5.90. The second-order valence-corrected chi connectivity index (χ2v) is 6.19. The molecule has 20 heavy (non-hydrogen) atoms. The Morgan fingerprint density at radius 2 is 2.10 bits per heavy atom. The Morgan fingerprint density at radius 3 is 2.75 bits per heavy atom. The van der Waals surface area contributed by atoms with E-state index in [0.29, 0.717) is 5.76 Å². The zero-order valence-corrected chi connectivity index (χ0v) is 12.3. The van der Waals surface area contributed by atoms with Crippen molar-refractivity contribution in [2.75, 3.05) is 6.61 Å². The molecule has 0 spiro atoms. The van der Waals surface area contributed by atoms with Gasteiger partial charge in [0.15, 0.2) is 0 Å². The van der Waals surface area contributed by atoms with Gasteiger partial charge in [0.25, 0.3) is 0 Å². The Kier molecular flexibility index (Phi) is 3.47. The summed E-state index contributed by atoms with van der Waals surface area (Å²) in [5, 5.41) is 11.2. The average molecular weight is 274 g/mol. The number of hydrogen-bond acceptors (Lipinski definition) is 3. The number of furan rings is 1. The normalized spacial score (nSPS) is 16.9. The molecule has 1 unspecified atom stereocenters. The van der Waals surface area contributed by atoms with E-state index in [-0.39, 0.29) is 5.92 Å². The highest BCUT2D eigenvalue weighted by molar-refractivity contribution is 5.83. The van der Waals surface area contributed by atoms with Gasteiger partial charge in [0, 0.05) is 10.9 Å². The van der Waals surface area contributed by atoms with Crippen LogP contribution in [-0.2, 0) is 0 Å². The standard InChI is InChI=1S/C17H22O3/c1-10(2)16(18)17-11(3)14-8-13(6-7-15(14)20-17)19-9-12-4-5-12/h6-8,10,12,16,18H,4-5,9H2,1-3H3. The minimum absolute atomic E-state index is 0.139. The fraction of sp³-hybridized carbons (Fsp3) is 0.529. The van der Waals surface area contributed by atoms with Gasteiger partial charge in [-0.25, -0.2) is 0 Å². The zero-order chi connectivity index (χ0) is 14.3. The van der Waals surface area contributed by atoms with Crippen molar-refractivity contribution < 1.29 is 14.3 Å². The van der Waals surface area contributed by atoms with Crippen molar-refractivity contribution in [3.8, 4) is 5.75 Å². The number of rotatable bonds is 5. The third kappa shape index (κ3) is 2.55. The highest BCUT2D eigenvalue weighted by atomic mass is 16.5. The Labute approximate surface area is 119 Å². The molecule has 0 radical (unpaired) electrons. The van der Waals surface area contributed by atoms with Crippen molar-refractivity contribution in [3.05, 3.63) is 29.5 Å². The van der Waals surface area contributed by atoms with Gasteiger partial charge >= 0.3 is 0 Å². The molecule has 3 rings (SSSR count). The molecule has 2 aromatic rings. The molecular weight excluding hydrogens is 252 g/mol. The van der Waals surface area contributed by atoms with Crippen molar-refractivity contribution in [2.45, 2.75) is 39.7 Å². The summed E-state index contributed by atoms with van der Waals surface area (Å²) in [6.45, 7) is 6.78. The fourth-order valence-corrected chi connectivity index (χ4v) is 2.39. The van der Waals surface area contributed by atoms with Gasteiger partial charge in [-0.2, -0.15) is 0 Å². The predicted octanol–water partition coefficient (Wildman–Crippen LogP) is 4.22. The molecule has 1 aliphatic rings. The topological polar surface area (TPSA) is 42.6 Å². The van der Waals surface area contributed by atoms with Crippen LogP contribution in [0.5, 0.6) is 5.75 Å². The van der Waals surface area contributed by atoms with Crippen LogP contribution in [0, 0.1) is 18.8 Å². The molecule has 1 atom stereocenters. The number of benzene rings is 1. The van der Waals surface area contributed by atoms with Crippen LogP contribution in [0.4, 0.5) is 0 Å². The van der Waals surface area contributed by atoms with Gasteiger partial charge in [-0.15, -0.1) is 0 Å². The molecule has 0 aliphatic heterocycles. The lowest BCUT2D eigenvalue weighted by Crippen LogP contribution is -2.05. The number of aliphatic hydroxyl groups is 1. The van der Waals surface area contributed by atoms with Crippen molar-refractivity contribution >= 4 is 11.0 Å². The van der Waals surface area contributed by atoms with E-state index >= 15 is 0 Å². The van der Waals surface area contributed by atoms with Gasteiger partial charge in [-0.1, -0.05) is 13.8 Å². The second kappa shape index (κ2) is 5.13. The lowest BCUT2D eigenvalue weighted by molar-refractivity contribution is 0.104. The molecule has 1 fully saturated rings. The van der Waals surface area contributed by atoms with E-state index in [1.165, 1.54) is 12.8 Å². The Bertz CT molecular complexity index is 608. The van der Waals surface area contributed by atoms with Crippen molar-refractivity contribution in [1.29, 1.82) is 0 Å². The summed E-state index contributed by atoms with van der Waals surface area (Å²) in [7, 11) is 0. The number of hydrogen-bond donors (Lipinski definition) is 1. The number of aliphatic hydroxyl groups excluding tert-OH is 1. The molecule has 1 saturated carbocycles. The quantitative estimate of drug-likeness (QED) is 0.887. The summed E-state index contributed by atoms with van der Waals surface area (Å²) in [5.41, 5.74) is 1.83. The predicted molar refractivity (Wildman–Crippen MR) is 79.0 cm³/mol. The van der Waals surface area contributed by atoms with Crippen molar-refractivity contribution in [3.63, 3.8) is 0 Å². The van der Waals surface area contributed by atoms with Crippen LogP contribution in [-0.4, -0.2) is 11.7 Å². The molecule has 1 N–H and O–H groups in total. The highest BCUT2D eigenvalue weighted by Crippen LogP contribution is 2.35. The summed E-state index contributed by atoms with van der Waals surface area (Å²) in [4.78, 5) is 0.